The van der Waals surface area contributed by atoms with Crippen molar-refractivity contribution in [3.8, 4) is 23.0 Å². The summed E-state index contributed by atoms with van der Waals surface area (Å²) in [6.07, 6.45) is 4.84. The number of allylic oxidation sites excluding steroid dienone is 1. The molecule has 31 heavy (non-hydrogen) atoms. The molecule has 0 saturated heterocycles. The number of hydrogen-bond acceptors (Lipinski definition) is 7. The smallest absolute Gasteiger partial charge is 0.189 e. The van der Waals surface area contributed by atoms with Gasteiger partial charge in [-0.3, -0.25) is 4.79 Å². The van der Waals surface area contributed by atoms with E-state index in [2.05, 4.69) is 10.3 Å². The molecule has 0 atom stereocenters. The number of benzene rings is 2. The highest BCUT2D eigenvalue weighted by Gasteiger charge is 2.12. The van der Waals surface area contributed by atoms with Crippen molar-refractivity contribution in [3.63, 3.8) is 0 Å². The molecule has 3 rings (SSSR count). The summed E-state index contributed by atoms with van der Waals surface area (Å²) in [5.74, 6) is 2.66. The number of hydrogen-bond donors (Lipinski definition) is 1. The Kier molecular flexibility index (Phi) is 7.11. The van der Waals surface area contributed by atoms with Crippen molar-refractivity contribution in [2.45, 2.75) is 0 Å². The van der Waals surface area contributed by atoms with Gasteiger partial charge < -0.3 is 24.3 Å². The van der Waals surface area contributed by atoms with Crippen LogP contribution in [-0.2, 0) is 0 Å². The molecule has 160 valence electrons. The third-order valence-electron chi connectivity index (χ3n) is 4.55. The fraction of sp³-hybridized carbons (Fsp3) is 0.167. The van der Waals surface area contributed by atoms with Crippen molar-refractivity contribution in [2.24, 2.45) is 0 Å². The lowest BCUT2D eigenvalue weighted by Crippen LogP contribution is -2.04. The number of nitrogens with one attached hydrogen (secondary N) is 1. The average molecular weight is 420 g/mol. The van der Waals surface area contributed by atoms with Crippen molar-refractivity contribution in [2.75, 3.05) is 33.8 Å². The molecule has 3 aromatic rings. The Hall–Kier alpha value is -4.00. The number of ether oxygens (including phenoxy) is 4. The lowest BCUT2D eigenvalue weighted by atomic mass is 10.1. The van der Waals surface area contributed by atoms with Crippen molar-refractivity contribution >= 4 is 23.4 Å². The molecular formula is C24H24N2O5. The van der Waals surface area contributed by atoms with E-state index in [1.54, 1.807) is 77.1 Å². The highest BCUT2D eigenvalue weighted by Crippen LogP contribution is 2.31. The van der Waals surface area contributed by atoms with Crippen molar-refractivity contribution in [1.29, 1.82) is 0 Å². The summed E-state index contributed by atoms with van der Waals surface area (Å²) >= 11 is 0. The summed E-state index contributed by atoms with van der Waals surface area (Å²) in [4.78, 5) is 17.2. The highest BCUT2D eigenvalue weighted by molar-refractivity contribution is 6.10. The van der Waals surface area contributed by atoms with Crippen molar-refractivity contribution < 1.29 is 23.7 Å². The van der Waals surface area contributed by atoms with E-state index in [0.717, 1.165) is 5.56 Å². The van der Waals surface area contributed by atoms with Crippen LogP contribution in [0.2, 0.25) is 0 Å². The van der Waals surface area contributed by atoms with Crippen LogP contribution in [0.15, 0.2) is 60.8 Å². The molecule has 0 aliphatic heterocycles. The van der Waals surface area contributed by atoms with Gasteiger partial charge in [-0.2, -0.15) is 0 Å². The average Bonchev–Trinajstić information content (AvgIpc) is 2.82. The van der Waals surface area contributed by atoms with Crippen LogP contribution in [0.5, 0.6) is 23.0 Å². The first-order chi connectivity index (χ1) is 15.1. The molecule has 0 unspecified atom stereocenters. The first kappa shape index (κ1) is 21.7. The number of rotatable bonds is 9. The van der Waals surface area contributed by atoms with E-state index in [9.17, 15) is 4.79 Å². The molecule has 0 aliphatic rings. The van der Waals surface area contributed by atoms with E-state index in [1.165, 1.54) is 6.08 Å². The standard InChI is InChI=1S/C24H24N2O5/c1-28-20-11-8-16(14-22(20)30-3)7-10-19(27)18-6-5-13-25-24(18)26-17-9-12-21(29-2)23(15-17)31-4/h5-15H,1-4H3,(H,25,26). The van der Waals surface area contributed by atoms with E-state index in [0.29, 0.717) is 40.1 Å². The Bertz CT molecular complexity index is 1100. The summed E-state index contributed by atoms with van der Waals surface area (Å²) in [7, 11) is 6.28. The van der Waals surface area contributed by atoms with E-state index in [-0.39, 0.29) is 5.78 Å². The van der Waals surface area contributed by atoms with Crippen LogP contribution in [0, 0.1) is 0 Å². The van der Waals surface area contributed by atoms with Gasteiger partial charge in [0.25, 0.3) is 0 Å². The first-order valence-electron chi connectivity index (χ1n) is 9.48. The van der Waals surface area contributed by atoms with Gasteiger partial charge in [0.2, 0.25) is 0 Å². The molecule has 0 amide bonds. The van der Waals surface area contributed by atoms with Crippen LogP contribution in [0.3, 0.4) is 0 Å². The zero-order valence-electron chi connectivity index (χ0n) is 17.8. The Morgan fingerprint density at radius 3 is 2.16 bits per heavy atom. The van der Waals surface area contributed by atoms with Gasteiger partial charge in [-0.15, -0.1) is 0 Å². The third-order valence-corrected chi connectivity index (χ3v) is 4.55. The molecule has 1 heterocycles. The quantitative estimate of drug-likeness (QED) is 0.395. The normalized spacial score (nSPS) is 10.6. The van der Waals surface area contributed by atoms with E-state index in [1.807, 2.05) is 12.1 Å². The maximum Gasteiger partial charge on any atom is 0.189 e. The Morgan fingerprint density at radius 1 is 0.839 bits per heavy atom. The molecule has 0 spiro atoms. The lowest BCUT2D eigenvalue weighted by molar-refractivity contribution is 0.104. The monoisotopic (exact) mass is 420 g/mol. The Morgan fingerprint density at radius 2 is 1.48 bits per heavy atom. The summed E-state index contributed by atoms with van der Waals surface area (Å²) < 4.78 is 21.1. The summed E-state index contributed by atoms with van der Waals surface area (Å²) in [6, 6.07) is 14.3. The largest absolute Gasteiger partial charge is 0.493 e. The van der Waals surface area contributed by atoms with Gasteiger partial charge in [0.05, 0.1) is 34.0 Å². The van der Waals surface area contributed by atoms with Crippen LogP contribution in [-0.4, -0.2) is 39.2 Å². The van der Waals surface area contributed by atoms with Gasteiger partial charge >= 0.3 is 0 Å². The second-order valence-electron chi connectivity index (χ2n) is 6.41. The van der Waals surface area contributed by atoms with Gasteiger partial charge in [-0.25, -0.2) is 4.98 Å². The molecule has 7 nitrogen and oxygen atoms in total. The number of carbonyl (C=O) groups is 1. The van der Waals surface area contributed by atoms with E-state index in [4.69, 9.17) is 18.9 Å². The number of anilines is 2. The maximum atomic E-state index is 12.9. The van der Waals surface area contributed by atoms with Crippen LogP contribution < -0.4 is 24.3 Å². The molecule has 2 aromatic carbocycles. The number of pyridine rings is 1. The van der Waals surface area contributed by atoms with Crippen LogP contribution in [0.25, 0.3) is 6.08 Å². The minimum absolute atomic E-state index is 0.189. The molecule has 7 heteroatoms. The Labute approximate surface area is 181 Å². The highest BCUT2D eigenvalue weighted by atomic mass is 16.5. The summed E-state index contributed by atoms with van der Waals surface area (Å²) in [6.45, 7) is 0. The molecule has 0 bridgehead atoms. The molecule has 0 aliphatic carbocycles. The van der Waals surface area contributed by atoms with Crippen LogP contribution in [0.1, 0.15) is 15.9 Å². The minimum atomic E-state index is -0.189. The molecule has 0 radical (unpaired) electrons. The Balaban J connectivity index is 1.83. The SMILES string of the molecule is COc1ccc(C=CC(=O)c2cccnc2Nc2ccc(OC)c(OC)c2)cc1OC. The fourth-order valence-electron chi connectivity index (χ4n) is 2.97. The van der Waals surface area contributed by atoms with Crippen LogP contribution >= 0.6 is 0 Å². The summed E-state index contributed by atoms with van der Waals surface area (Å²) in [5, 5.41) is 3.17. The van der Waals surface area contributed by atoms with E-state index < -0.39 is 0 Å². The topological polar surface area (TPSA) is 78.9 Å². The summed E-state index contributed by atoms with van der Waals surface area (Å²) in [5.41, 5.74) is 1.97. The molecule has 1 N–H and O–H groups in total. The molecule has 0 saturated carbocycles. The maximum absolute atomic E-state index is 12.9. The van der Waals surface area contributed by atoms with Crippen molar-refractivity contribution in [1.82, 2.24) is 4.98 Å². The van der Waals surface area contributed by atoms with Gasteiger partial charge in [-0.1, -0.05) is 12.1 Å². The second kappa shape index (κ2) is 10.2. The van der Waals surface area contributed by atoms with Gasteiger partial charge in [-0.05, 0) is 48.0 Å². The lowest BCUT2D eigenvalue weighted by Gasteiger charge is -2.12. The van der Waals surface area contributed by atoms with Crippen molar-refractivity contribution in [3.05, 3.63) is 71.9 Å². The zero-order valence-corrected chi connectivity index (χ0v) is 17.8. The number of carbonyl (C=O) groups excluding carboxylic acids is 1. The van der Waals surface area contributed by atoms with Gasteiger partial charge in [0, 0.05) is 18.0 Å². The predicted molar refractivity (Wildman–Crippen MR) is 120 cm³/mol. The molecule has 0 fully saturated rings. The van der Waals surface area contributed by atoms with Crippen LogP contribution in [0.4, 0.5) is 11.5 Å². The molecular weight excluding hydrogens is 396 g/mol. The van der Waals surface area contributed by atoms with Gasteiger partial charge in [0.15, 0.2) is 28.8 Å². The number of methoxy groups -OCH3 is 4. The second-order valence-corrected chi connectivity index (χ2v) is 6.41. The molecule has 1 aromatic heterocycles. The van der Waals surface area contributed by atoms with Gasteiger partial charge in [0.1, 0.15) is 5.82 Å². The number of nitrogens with zero attached hydrogens (tertiary/aromatic N) is 1. The predicted octanol–water partition coefficient (Wildman–Crippen LogP) is 4.76. The fourth-order valence-corrected chi connectivity index (χ4v) is 2.97. The number of aromatic nitrogens is 1. The minimum Gasteiger partial charge on any atom is -0.493 e. The number of ketones is 1. The van der Waals surface area contributed by atoms with E-state index >= 15 is 0 Å². The first-order valence-corrected chi connectivity index (χ1v) is 9.48. The third kappa shape index (κ3) is 5.14. The zero-order chi connectivity index (χ0) is 22.2.